The van der Waals surface area contributed by atoms with Crippen molar-refractivity contribution in [3.05, 3.63) is 23.8 Å². The van der Waals surface area contributed by atoms with Gasteiger partial charge in [-0.2, -0.15) is 0 Å². The van der Waals surface area contributed by atoms with Crippen LogP contribution in [0, 0.1) is 5.92 Å². The lowest BCUT2D eigenvalue weighted by molar-refractivity contribution is 0.624. The number of thioether (sulfide) groups is 1. The topological polar surface area (TPSA) is 0 Å². The molecule has 2 radical (unpaired) electrons. The number of hydrogen-bond donors (Lipinski definition) is 0. The van der Waals surface area contributed by atoms with E-state index in [2.05, 4.69) is 32.0 Å². The van der Waals surface area contributed by atoms with Crippen LogP contribution in [-0.4, -0.2) is 13.1 Å². The van der Waals surface area contributed by atoms with Crippen LogP contribution in [0.5, 0.6) is 0 Å². The van der Waals surface area contributed by atoms with Crippen LogP contribution < -0.4 is 5.46 Å². The van der Waals surface area contributed by atoms with Crippen molar-refractivity contribution in [3.63, 3.8) is 0 Å². The molecule has 0 N–H and O–H groups in total. The molecule has 1 fully saturated rings. The fourth-order valence-corrected chi connectivity index (χ4v) is 3.75. The van der Waals surface area contributed by atoms with Gasteiger partial charge in [0.25, 0.3) is 0 Å². The van der Waals surface area contributed by atoms with Crippen molar-refractivity contribution < 1.29 is 0 Å². The van der Waals surface area contributed by atoms with Gasteiger partial charge in [-0.15, -0.1) is 11.8 Å². The highest BCUT2D eigenvalue weighted by molar-refractivity contribution is 8.00. The first-order chi connectivity index (χ1) is 7.70. The van der Waals surface area contributed by atoms with Gasteiger partial charge in [0.15, 0.2) is 0 Å². The van der Waals surface area contributed by atoms with Crippen molar-refractivity contribution in [1.82, 2.24) is 0 Å². The lowest BCUT2D eigenvalue weighted by Gasteiger charge is -2.17. The van der Waals surface area contributed by atoms with Gasteiger partial charge in [-0.3, -0.25) is 0 Å². The third kappa shape index (κ3) is 2.65. The quantitative estimate of drug-likeness (QED) is 0.718. The molecule has 0 heterocycles. The molecule has 0 bridgehead atoms. The highest BCUT2D eigenvalue weighted by Gasteiger charge is 2.24. The van der Waals surface area contributed by atoms with Crippen LogP contribution >= 0.6 is 11.8 Å². The molecule has 1 aromatic carbocycles. The van der Waals surface area contributed by atoms with E-state index < -0.39 is 0 Å². The van der Waals surface area contributed by atoms with Crippen molar-refractivity contribution in [3.8, 4) is 0 Å². The van der Waals surface area contributed by atoms with E-state index in [0.717, 1.165) is 23.1 Å². The first-order valence-corrected chi connectivity index (χ1v) is 7.13. The van der Waals surface area contributed by atoms with Gasteiger partial charge in [0.2, 0.25) is 0 Å². The second-order valence-corrected chi connectivity index (χ2v) is 6.07. The van der Waals surface area contributed by atoms with Crippen molar-refractivity contribution in [2.75, 3.05) is 0 Å². The monoisotopic (exact) mass is 230 g/mol. The lowest BCUT2D eigenvalue weighted by atomic mass is 9.94. The maximum atomic E-state index is 6.05. The van der Waals surface area contributed by atoms with Crippen molar-refractivity contribution >= 4 is 25.1 Å². The largest absolute Gasteiger partial charge is 0.123 e. The zero-order valence-electron chi connectivity index (χ0n) is 10.2. The number of rotatable bonds is 3. The van der Waals surface area contributed by atoms with Crippen LogP contribution in [0.4, 0.5) is 0 Å². The molecule has 2 heteroatoms. The Kier molecular flexibility index (Phi) is 4.02. The van der Waals surface area contributed by atoms with Crippen molar-refractivity contribution in [1.29, 1.82) is 0 Å². The van der Waals surface area contributed by atoms with Gasteiger partial charge in [-0.25, -0.2) is 0 Å². The Morgan fingerprint density at radius 1 is 1.38 bits per heavy atom. The Labute approximate surface area is 105 Å². The maximum absolute atomic E-state index is 6.05. The van der Waals surface area contributed by atoms with Gasteiger partial charge in [0.1, 0.15) is 7.85 Å². The minimum absolute atomic E-state index is 0.773. The number of aryl methyl sites for hydroxylation is 1. The molecule has 0 amide bonds. The SMILES string of the molecule is [B]c1ccc(CC)cc1SC1CCCC1C. The molecule has 1 aromatic rings. The fraction of sp³-hybridized carbons (Fsp3) is 0.571. The van der Waals surface area contributed by atoms with E-state index in [1.165, 1.54) is 29.7 Å². The predicted molar refractivity (Wildman–Crippen MR) is 73.9 cm³/mol. The van der Waals surface area contributed by atoms with Gasteiger partial charge >= 0.3 is 0 Å². The molecule has 0 saturated heterocycles. The van der Waals surface area contributed by atoms with Gasteiger partial charge in [0, 0.05) is 10.1 Å². The summed E-state index contributed by atoms with van der Waals surface area (Å²) in [5.41, 5.74) is 2.34. The molecule has 2 atom stereocenters. The molecule has 1 aliphatic carbocycles. The Morgan fingerprint density at radius 2 is 2.19 bits per heavy atom. The van der Waals surface area contributed by atoms with E-state index in [9.17, 15) is 0 Å². The Hall–Kier alpha value is -0.365. The molecule has 0 spiro atoms. The van der Waals surface area contributed by atoms with E-state index in [4.69, 9.17) is 7.85 Å². The standard InChI is InChI=1S/C14H19BS/c1-3-11-7-8-12(15)14(9-11)16-13-6-4-5-10(13)2/h7-10,13H,3-6H2,1-2H3. The first kappa shape index (κ1) is 12.1. The summed E-state index contributed by atoms with van der Waals surface area (Å²) in [6, 6.07) is 6.46. The molecular weight excluding hydrogens is 211 g/mol. The molecule has 0 nitrogen and oxygen atoms in total. The Balaban J connectivity index is 2.13. The smallest absolute Gasteiger partial charge is 0.115 e. The summed E-state index contributed by atoms with van der Waals surface area (Å²) in [5.74, 6) is 0.842. The zero-order chi connectivity index (χ0) is 11.5. The second-order valence-electron chi connectivity index (χ2n) is 4.79. The third-order valence-corrected chi connectivity index (χ3v) is 5.16. The second kappa shape index (κ2) is 5.31. The predicted octanol–water partition coefficient (Wildman–Crippen LogP) is 3.32. The summed E-state index contributed by atoms with van der Waals surface area (Å²) in [5, 5.41) is 0.773. The third-order valence-electron chi connectivity index (χ3n) is 3.55. The first-order valence-electron chi connectivity index (χ1n) is 6.25. The minimum atomic E-state index is 0.773. The van der Waals surface area contributed by atoms with E-state index in [0.29, 0.717) is 0 Å². The van der Waals surface area contributed by atoms with Crippen LogP contribution in [0.2, 0.25) is 0 Å². The van der Waals surface area contributed by atoms with E-state index in [1.807, 2.05) is 11.8 Å². The summed E-state index contributed by atoms with van der Waals surface area (Å²) >= 11 is 1.99. The summed E-state index contributed by atoms with van der Waals surface area (Å²) in [7, 11) is 6.05. The highest BCUT2D eigenvalue weighted by atomic mass is 32.2. The minimum Gasteiger partial charge on any atom is -0.123 e. The molecule has 2 unspecified atom stereocenters. The zero-order valence-corrected chi connectivity index (χ0v) is 11.0. The van der Waals surface area contributed by atoms with Crippen molar-refractivity contribution in [2.24, 2.45) is 5.92 Å². The van der Waals surface area contributed by atoms with Crippen molar-refractivity contribution in [2.45, 2.75) is 49.7 Å². The average Bonchev–Trinajstić information content (AvgIpc) is 2.68. The van der Waals surface area contributed by atoms with Gasteiger partial charge in [-0.1, -0.05) is 37.9 Å². The van der Waals surface area contributed by atoms with Crippen LogP contribution in [0.25, 0.3) is 0 Å². The summed E-state index contributed by atoms with van der Waals surface area (Å²) in [4.78, 5) is 1.29. The van der Waals surface area contributed by atoms with Crippen LogP contribution in [0.1, 0.15) is 38.7 Å². The molecule has 0 aromatic heterocycles. The van der Waals surface area contributed by atoms with Gasteiger partial charge in [0.05, 0.1) is 0 Å². The lowest BCUT2D eigenvalue weighted by Crippen LogP contribution is -2.12. The normalized spacial score (nSPS) is 24.9. The van der Waals surface area contributed by atoms with E-state index >= 15 is 0 Å². The highest BCUT2D eigenvalue weighted by Crippen LogP contribution is 2.38. The number of hydrogen-bond acceptors (Lipinski definition) is 1. The summed E-state index contributed by atoms with van der Waals surface area (Å²) < 4.78 is 0. The fourth-order valence-electron chi connectivity index (χ4n) is 2.35. The average molecular weight is 230 g/mol. The molecule has 16 heavy (non-hydrogen) atoms. The van der Waals surface area contributed by atoms with E-state index in [-0.39, 0.29) is 0 Å². The molecule has 2 rings (SSSR count). The van der Waals surface area contributed by atoms with Crippen LogP contribution in [-0.2, 0) is 6.42 Å². The molecular formula is C14H19BS. The van der Waals surface area contributed by atoms with Gasteiger partial charge < -0.3 is 0 Å². The van der Waals surface area contributed by atoms with Crippen LogP contribution in [0.3, 0.4) is 0 Å². The molecule has 1 aliphatic rings. The molecule has 84 valence electrons. The maximum Gasteiger partial charge on any atom is 0.115 e. The Bertz CT molecular complexity index is 362. The Morgan fingerprint density at radius 3 is 2.81 bits per heavy atom. The molecule has 1 saturated carbocycles. The van der Waals surface area contributed by atoms with E-state index in [1.54, 1.807) is 0 Å². The number of benzene rings is 1. The summed E-state index contributed by atoms with van der Waals surface area (Å²) in [6.07, 6.45) is 5.20. The summed E-state index contributed by atoms with van der Waals surface area (Å²) in [6.45, 7) is 4.56. The van der Waals surface area contributed by atoms with Crippen LogP contribution in [0.15, 0.2) is 23.1 Å². The van der Waals surface area contributed by atoms with Gasteiger partial charge in [-0.05, 0) is 36.8 Å². The molecule has 0 aliphatic heterocycles.